The summed E-state index contributed by atoms with van der Waals surface area (Å²) < 4.78 is 0. The molecule has 1 aliphatic heterocycles. The van der Waals surface area contributed by atoms with Gasteiger partial charge >= 0.3 is 0 Å². The van der Waals surface area contributed by atoms with Crippen molar-refractivity contribution in [2.75, 3.05) is 7.05 Å². The first-order valence-corrected chi connectivity index (χ1v) is 3.32. The maximum Gasteiger partial charge on any atom is 0.0575 e. The number of halogens is 1. The van der Waals surface area contributed by atoms with Gasteiger partial charge in [-0.25, -0.2) is 0 Å². The molecule has 0 spiro atoms. The number of allylic oxidation sites excluding steroid dienone is 3. The Labute approximate surface area is 65.3 Å². The van der Waals surface area contributed by atoms with Crippen LogP contribution in [-0.4, -0.2) is 11.9 Å². The maximum absolute atomic E-state index is 5.71. The molecule has 1 aliphatic rings. The second kappa shape index (κ2) is 2.80. The predicted molar refractivity (Wildman–Crippen MR) is 43.1 cm³/mol. The highest BCUT2D eigenvalue weighted by Gasteiger charge is 2.02. The Bertz CT molecular complexity index is 216. The van der Waals surface area contributed by atoms with Crippen molar-refractivity contribution in [3.63, 3.8) is 0 Å². The van der Waals surface area contributed by atoms with Crippen LogP contribution >= 0.6 is 11.6 Å². The van der Waals surface area contributed by atoms with Crippen LogP contribution in [0.25, 0.3) is 0 Å². The summed E-state index contributed by atoms with van der Waals surface area (Å²) in [5.74, 6) is 0. The van der Waals surface area contributed by atoms with Crippen LogP contribution in [0.4, 0.5) is 0 Å². The Morgan fingerprint density at radius 1 is 1.70 bits per heavy atom. The molecule has 0 aromatic heterocycles. The van der Waals surface area contributed by atoms with Crippen molar-refractivity contribution in [3.8, 4) is 0 Å². The molecular formula is C7H9ClN2. The quantitative estimate of drug-likeness (QED) is 0.574. The first-order valence-electron chi connectivity index (χ1n) is 2.94. The zero-order valence-corrected chi connectivity index (χ0v) is 6.47. The van der Waals surface area contributed by atoms with E-state index in [-0.39, 0.29) is 0 Å². The van der Waals surface area contributed by atoms with E-state index in [0.717, 1.165) is 5.70 Å². The van der Waals surface area contributed by atoms with E-state index in [9.17, 15) is 0 Å². The van der Waals surface area contributed by atoms with Crippen LogP contribution in [0.2, 0.25) is 0 Å². The van der Waals surface area contributed by atoms with E-state index in [2.05, 4.69) is 0 Å². The van der Waals surface area contributed by atoms with Crippen LogP contribution in [0.5, 0.6) is 0 Å². The van der Waals surface area contributed by atoms with Gasteiger partial charge in [0.05, 0.1) is 5.70 Å². The van der Waals surface area contributed by atoms with E-state index in [1.165, 1.54) is 6.20 Å². The number of likely N-dealkylation sites (N-methyl/N-ethyl adjacent to an activating group) is 1. The lowest BCUT2D eigenvalue weighted by molar-refractivity contribution is 0.581. The minimum Gasteiger partial charge on any atom is -0.403 e. The summed E-state index contributed by atoms with van der Waals surface area (Å²) in [4.78, 5) is 1.89. The summed E-state index contributed by atoms with van der Waals surface area (Å²) in [6, 6.07) is 0. The predicted octanol–water partition coefficient (Wildman–Crippen LogP) is 1.37. The van der Waals surface area contributed by atoms with Gasteiger partial charge in [-0.2, -0.15) is 0 Å². The summed E-state index contributed by atoms with van der Waals surface area (Å²) in [7, 11) is 1.91. The van der Waals surface area contributed by atoms with Gasteiger partial charge in [-0.05, 0) is 12.2 Å². The van der Waals surface area contributed by atoms with Gasteiger partial charge in [-0.3, -0.25) is 0 Å². The first-order chi connectivity index (χ1) is 4.74. The fraction of sp³-hybridized carbons (Fsp3) is 0.143. The van der Waals surface area contributed by atoms with Crippen LogP contribution in [0, 0.1) is 0 Å². The smallest absolute Gasteiger partial charge is 0.0575 e. The zero-order chi connectivity index (χ0) is 7.56. The highest BCUT2D eigenvalue weighted by Crippen LogP contribution is 2.16. The van der Waals surface area contributed by atoms with E-state index in [4.69, 9.17) is 17.3 Å². The van der Waals surface area contributed by atoms with Gasteiger partial charge in [0.15, 0.2) is 0 Å². The number of hydrogen-bond acceptors (Lipinski definition) is 2. The standard InChI is InChI=1S/C7H9ClN2/c1-10-3-2-6(8)4-7(10)5-9/h2-5H,9H2,1H3/b7-5-. The highest BCUT2D eigenvalue weighted by molar-refractivity contribution is 6.31. The van der Waals surface area contributed by atoms with E-state index >= 15 is 0 Å². The van der Waals surface area contributed by atoms with Crippen molar-refractivity contribution in [3.05, 3.63) is 35.3 Å². The fourth-order valence-electron chi connectivity index (χ4n) is 0.726. The van der Waals surface area contributed by atoms with Crippen molar-refractivity contribution >= 4 is 11.6 Å². The molecule has 1 heterocycles. The molecule has 0 aromatic carbocycles. The molecule has 0 fully saturated rings. The van der Waals surface area contributed by atoms with E-state index in [1.54, 1.807) is 0 Å². The van der Waals surface area contributed by atoms with Gasteiger partial charge < -0.3 is 10.6 Å². The highest BCUT2D eigenvalue weighted by atomic mass is 35.5. The second-order valence-electron chi connectivity index (χ2n) is 2.05. The van der Waals surface area contributed by atoms with Crippen molar-refractivity contribution in [2.24, 2.45) is 5.73 Å². The van der Waals surface area contributed by atoms with E-state index in [0.29, 0.717) is 5.03 Å². The first kappa shape index (κ1) is 7.22. The van der Waals surface area contributed by atoms with Gasteiger partial charge in [0, 0.05) is 24.5 Å². The number of hydrogen-bond donors (Lipinski definition) is 1. The molecule has 0 aliphatic carbocycles. The van der Waals surface area contributed by atoms with Crippen molar-refractivity contribution in [1.29, 1.82) is 0 Å². The topological polar surface area (TPSA) is 29.3 Å². The molecule has 0 radical (unpaired) electrons. The normalized spacial score (nSPS) is 21.6. The van der Waals surface area contributed by atoms with Crippen molar-refractivity contribution in [2.45, 2.75) is 0 Å². The summed E-state index contributed by atoms with van der Waals surface area (Å²) >= 11 is 5.71. The summed E-state index contributed by atoms with van der Waals surface area (Å²) in [5.41, 5.74) is 6.22. The minimum atomic E-state index is 0.704. The lowest BCUT2D eigenvalue weighted by Crippen LogP contribution is -2.12. The molecule has 10 heavy (non-hydrogen) atoms. The largest absolute Gasteiger partial charge is 0.403 e. The number of rotatable bonds is 0. The lowest BCUT2D eigenvalue weighted by atomic mass is 10.3. The van der Waals surface area contributed by atoms with Crippen LogP contribution in [0.1, 0.15) is 0 Å². The Kier molecular flexibility index (Phi) is 2.02. The molecule has 2 nitrogen and oxygen atoms in total. The van der Waals surface area contributed by atoms with E-state index < -0.39 is 0 Å². The molecule has 0 saturated heterocycles. The van der Waals surface area contributed by atoms with Gasteiger partial charge in [0.1, 0.15) is 0 Å². The SMILES string of the molecule is CN1C=CC(Cl)=C/C1=C/N. The Morgan fingerprint density at radius 2 is 2.40 bits per heavy atom. The van der Waals surface area contributed by atoms with Gasteiger partial charge in [-0.1, -0.05) is 11.6 Å². The number of nitrogens with zero attached hydrogens (tertiary/aromatic N) is 1. The summed E-state index contributed by atoms with van der Waals surface area (Å²) in [5, 5.41) is 0.704. The molecule has 0 unspecified atom stereocenters. The van der Waals surface area contributed by atoms with Crippen LogP contribution in [-0.2, 0) is 0 Å². The second-order valence-corrected chi connectivity index (χ2v) is 2.48. The van der Waals surface area contributed by atoms with E-state index in [1.807, 2.05) is 30.3 Å². The van der Waals surface area contributed by atoms with Crippen LogP contribution in [0.3, 0.4) is 0 Å². The third kappa shape index (κ3) is 1.33. The maximum atomic E-state index is 5.71. The third-order valence-electron chi connectivity index (χ3n) is 1.32. The lowest BCUT2D eigenvalue weighted by Gasteiger charge is -2.17. The zero-order valence-electron chi connectivity index (χ0n) is 5.71. The molecule has 54 valence electrons. The molecule has 0 atom stereocenters. The van der Waals surface area contributed by atoms with Gasteiger partial charge in [0.25, 0.3) is 0 Å². The molecule has 1 rings (SSSR count). The molecule has 2 N–H and O–H groups in total. The molecule has 0 aromatic rings. The third-order valence-corrected chi connectivity index (χ3v) is 1.56. The number of nitrogens with two attached hydrogens (primary N) is 1. The molecule has 0 bridgehead atoms. The van der Waals surface area contributed by atoms with Crippen molar-refractivity contribution in [1.82, 2.24) is 4.90 Å². The Morgan fingerprint density at radius 3 is 2.90 bits per heavy atom. The van der Waals surface area contributed by atoms with Crippen LogP contribution < -0.4 is 5.73 Å². The Hall–Kier alpha value is -0.890. The Balaban J connectivity index is 2.88. The average molecular weight is 157 g/mol. The molecular weight excluding hydrogens is 148 g/mol. The molecule has 3 heteroatoms. The fourth-order valence-corrected chi connectivity index (χ4v) is 0.894. The summed E-state index contributed by atoms with van der Waals surface area (Å²) in [6.07, 6.45) is 7.00. The monoisotopic (exact) mass is 156 g/mol. The summed E-state index contributed by atoms with van der Waals surface area (Å²) in [6.45, 7) is 0. The average Bonchev–Trinajstić information content (AvgIpc) is 1.94. The molecule has 0 saturated carbocycles. The van der Waals surface area contributed by atoms with Crippen molar-refractivity contribution < 1.29 is 0 Å². The van der Waals surface area contributed by atoms with Crippen LogP contribution in [0.15, 0.2) is 35.3 Å². The molecule has 0 amide bonds. The van der Waals surface area contributed by atoms with Gasteiger partial charge in [-0.15, -0.1) is 0 Å². The minimum absolute atomic E-state index is 0.704. The van der Waals surface area contributed by atoms with Gasteiger partial charge in [0.2, 0.25) is 0 Å².